The third kappa shape index (κ3) is 3.69. The fourth-order valence-corrected chi connectivity index (χ4v) is 2.22. The monoisotopic (exact) mass is 264 g/mol. The van der Waals surface area contributed by atoms with Crippen molar-refractivity contribution in [3.8, 4) is 0 Å². The average Bonchev–Trinajstić information content (AvgIpc) is 2.33. The molecule has 0 saturated heterocycles. The van der Waals surface area contributed by atoms with Gasteiger partial charge in [0, 0.05) is 18.8 Å². The van der Waals surface area contributed by atoms with E-state index < -0.39 is 5.97 Å². The average molecular weight is 264 g/mol. The molecule has 1 aromatic heterocycles. The number of aromatic carboxylic acids is 1. The molecule has 0 aliphatic carbocycles. The van der Waals surface area contributed by atoms with Gasteiger partial charge in [-0.25, -0.2) is 4.79 Å². The second-order valence-corrected chi connectivity index (χ2v) is 5.10. The number of carbonyl (C=O) groups is 1. The predicted octanol–water partition coefficient (Wildman–Crippen LogP) is 3.27. The third-order valence-electron chi connectivity index (χ3n) is 3.47. The second kappa shape index (κ2) is 6.55. The van der Waals surface area contributed by atoms with Crippen LogP contribution in [0.25, 0.3) is 0 Å². The van der Waals surface area contributed by atoms with Crippen LogP contribution >= 0.6 is 0 Å². The highest BCUT2D eigenvalue weighted by Crippen LogP contribution is 2.25. The number of aryl methyl sites for hydroxylation is 2. The lowest BCUT2D eigenvalue weighted by atomic mass is 10.1. The van der Waals surface area contributed by atoms with E-state index in [1.807, 2.05) is 13.0 Å². The first kappa shape index (κ1) is 15.5. The molecule has 1 N–H and O–H groups in total. The van der Waals surface area contributed by atoms with E-state index in [-0.39, 0.29) is 0 Å². The van der Waals surface area contributed by atoms with Crippen LogP contribution < -0.4 is 4.90 Å². The molecule has 19 heavy (non-hydrogen) atoms. The molecule has 0 radical (unpaired) electrons. The fourth-order valence-electron chi connectivity index (χ4n) is 2.22. The van der Waals surface area contributed by atoms with Crippen LogP contribution in [0.4, 0.5) is 5.69 Å². The first-order chi connectivity index (χ1) is 8.90. The summed E-state index contributed by atoms with van der Waals surface area (Å²) in [6, 6.07) is 1.88. The Morgan fingerprint density at radius 3 is 2.53 bits per heavy atom. The number of pyridine rings is 1. The SMILES string of the molecule is CCC(C)CN(CC)c1cc(C)nc(C)c1C(=O)O. The smallest absolute Gasteiger partial charge is 0.339 e. The number of carboxylic acids is 1. The topological polar surface area (TPSA) is 53.4 Å². The van der Waals surface area contributed by atoms with Crippen molar-refractivity contribution in [2.75, 3.05) is 18.0 Å². The summed E-state index contributed by atoms with van der Waals surface area (Å²) < 4.78 is 0. The highest BCUT2D eigenvalue weighted by molar-refractivity contribution is 5.95. The molecule has 0 fully saturated rings. The van der Waals surface area contributed by atoms with Crippen LogP contribution in [-0.4, -0.2) is 29.1 Å². The highest BCUT2D eigenvalue weighted by atomic mass is 16.4. The van der Waals surface area contributed by atoms with Gasteiger partial charge in [0.15, 0.2) is 0 Å². The van der Waals surface area contributed by atoms with Gasteiger partial charge in [0.05, 0.1) is 11.4 Å². The zero-order valence-corrected chi connectivity index (χ0v) is 12.5. The van der Waals surface area contributed by atoms with Crippen LogP contribution in [0.1, 0.15) is 48.9 Å². The van der Waals surface area contributed by atoms with Gasteiger partial charge in [-0.3, -0.25) is 4.98 Å². The minimum atomic E-state index is -0.900. The molecule has 0 aliphatic heterocycles. The van der Waals surface area contributed by atoms with Crippen molar-refractivity contribution in [1.82, 2.24) is 4.98 Å². The Hall–Kier alpha value is -1.58. The van der Waals surface area contributed by atoms with Crippen LogP contribution in [0.5, 0.6) is 0 Å². The van der Waals surface area contributed by atoms with E-state index in [2.05, 4.69) is 30.7 Å². The van der Waals surface area contributed by atoms with E-state index in [0.29, 0.717) is 17.2 Å². The van der Waals surface area contributed by atoms with Crippen LogP contribution in [0.3, 0.4) is 0 Å². The lowest BCUT2D eigenvalue weighted by Crippen LogP contribution is -2.30. The Kier molecular flexibility index (Phi) is 5.33. The summed E-state index contributed by atoms with van der Waals surface area (Å²) in [5, 5.41) is 9.41. The fraction of sp³-hybridized carbons (Fsp3) is 0.600. The molecule has 1 heterocycles. The van der Waals surface area contributed by atoms with E-state index in [1.165, 1.54) is 0 Å². The number of hydrogen-bond acceptors (Lipinski definition) is 3. The maximum absolute atomic E-state index is 11.5. The number of nitrogens with zero attached hydrogens (tertiary/aromatic N) is 2. The maximum Gasteiger partial charge on any atom is 0.339 e. The van der Waals surface area contributed by atoms with Crippen LogP contribution in [0.15, 0.2) is 6.07 Å². The third-order valence-corrected chi connectivity index (χ3v) is 3.47. The molecule has 1 aromatic rings. The molecule has 1 atom stereocenters. The van der Waals surface area contributed by atoms with Crippen LogP contribution in [0, 0.1) is 19.8 Å². The summed E-state index contributed by atoms with van der Waals surface area (Å²) in [7, 11) is 0. The van der Waals surface area contributed by atoms with Gasteiger partial charge in [0.25, 0.3) is 0 Å². The lowest BCUT2D eigenvalue weighted by molar-refractivity contribution is 0.0696. The number of aromatic nitrogens is 1. The minimum Gasteiger partial charge on any atom is -0.478 e. The Morgan fingerprint density at radius 2 is 2.05 bits per heavy atom. The molecular formula is C15H24N2O2. The van der Waals surface area contributed by atoms with Gasteiger partial charge in [-0.1, -0.05) is 20.3 Å². The standard InChI is InChI=1S/C15H24N2O2/c1-6-10(3)9-17(7-2)13-8-11(4)16-12(5)14(13)15(18)19/h8,10H,6-7,9H2,1-5H3,(H,18,19). The van der Waals surface area contributed by atoms with Crippen molar-refractivity contribution in [2.24, 2.45) is 5.92 Å². The summed E-state index contributed by atoms with van der Waals surface area (Å²) in [6.07, 6.45) is 1.09. The van der Waals surface area contributed by atoms with E-state index in [1.54, 1.807) is 6.92 Å². The Bertz CT molecular complexity index is 458. The number of rotatable bonds is 6. The second-order valence-electron chi connectivity index (χ2n) is 5.10. The highest BCUT2D eigenvalue weighted by Gasteiger charge is 2.20. The van der Waals surface area contributed by atoms with Crippen molar-refractivity contribution in [1.29, 1.82) is 0 Å². The number of carboxylic acid groups (broad SMARTS) is 1. The van der Waals surface area contributed by atoms with Crippen LogP contribution in [0.2, 0.25) is 0 Å². The maximum atomic E-state index is 11.5. The summed E-state index contributed by atoms with van der Waals surface area (Å²) >= 11 is 0. The molecule has 4 nitrogen and oxygen atoms in total. The molecule has 4 heteroatoms. The Balaban J connectivity index is 3.25. The lowest BCUT2D eigenvalue weighted by Gasteiger charge is -2.28. The molecule has 0 spiro atoms. The van der Waals surface area contributed by atoms with Crippen molar-refractivity contribution in [3.63, 3.8) is 0 Å². The summed E-state index contributed by atoms with van der Waals surface area (Å²) in [4.78, 5) is 17.9. The summed E-state index contributed by atoms with van der Waals surface area (Å²) in [6.45, 7) is 11.7. The van der Waals surface area contributed by atoms with E-state index >= 15 is 0 Å². The molecule has 1 unspecified atom stereocenters. The van der Waals surface area contributed by atoms with E-state index in [9.17, 15) is 9.90 Å². The molecule has 0 aliphatic rings. The van der Waals surface area contributed by atoms with Gasteiger partial charge in [0.2, 0.25) is 0 Å². The van der Waals surface area contributed by atoms with Gasteiger partial charge in [-0.15, -0.1) is 0 Å². The van der Waals surface area contributed by atoms with Crippen LogP contribution in [-0.2, 0) is 0 Å². The van der Waals surface area contributed by atoms with Gasteiger partial charge < -0.3 is 10.0 Å². The quantitative estimate of drug-likeness (QED) is 0.856. The van der Waals surface area contributed by atoms with Crippen molar-refractivity contribution >= 4 is 11.7 Å². The van der Waals surface area contributed by atoms with E-state index in [4.69, 9.17) is 0 Å². The zero-order valence-electron chi connectivity index (χ0n) is 12.5. The Labute approximate surface area is 115 Å². The van der Waals surface area contributed by atoms with Gasteiger partial charge in [-0.2, -0.15) is 0 Å². The molecule has 106 valence electrons. The van der Waals surface area contributed by atoms with E-state index in [0.717, 1.165) is 30.9 Å². The number of hydrogen-bond donors (Lipinski definition) is 1. The molecule has 1 rings (SSSR count). The largest absolute Gasteiger partial charge is 0.478 e. The van der Waals surface area contributed by atoms with Gasteiger partial charge in [-0.05, 0) is 32.8 Å². The molecule has 0 bridgehead atoms. The van der Waals surface area contributed by atoms with Gasteiger partial charge >= 0.3 is 5.97 Å². The molecule has 0 amide bonds. The summed E-state index contributed by atoms with van der Waals surface area (Å²) in [5.41, 5.74) is 2.57. The molecule has 0 aromatic carbocycles. The molecular weight excluding hydrogens is 240 g/mol. The summed E-state index contributed by atoms with van der Waals surface area (Å²) in [5.74, 6) is -0.363. The van der Waals surface area contributed by atoms with Crippen molar-refractivity contribution in [2.45, 2.75) is 41.0 Å². The van der Waals surface area contributed by atoms with Gasteiger partial charge in [0.1, 0.15) is 5.56 Å². The molecule has 0 saturated carbocycles. The van der Waals surface area contributed by atoms with Crippen molar-refractivity contribution in [3.05, 3.63) is 23.0 Å². The predicted molar refractivity (Wildman–Crippen MR) is 78.0 cm³/mol. The minimum absolute atomic E-state index is 0.329. The Morgan fingerprint density at radius 1 is 1.42 bits per heavy atom. The zero-order chi connectivity index (χ0) is 14.6. The first-order valence-electron chi connectivity index (χ1n) is 6.87. The van der Waals surface area contributed by atoms with Crippen molar-refractivity contribution < 1.29 is 9.90 Å². The number of anilines is 1. The first-order valence-corrected chi connectivity index (χ1v) is 6.87. The normalized spacial score (nSPS) is 12.3.